The maximum atomic E-state index is 12.8. The molecule has 6 nitrogen and oxygen atoms in total. The van der Waals surface area contributed by atoms with E-state index in [1.807, 2.05) is 0 Å². The lowest BCUT2D eigenvalue weighted by atomic mass is 10.0. The van der Waals surface area contributed by atoms with Crippen molar-refractivity contribution >= 4 is 17.9 Å². The SMILES string of the molecule is CC/C=C\C/C=C\C/C=C\C/C=C\C/C=C\CCCCCCCCCC(=O)OCC(COC(=O)CCCCCCCCCC)OC(=O)CCCCCCCCCCCCCCCCCCC. The van der Waals surface area contributed by atoms with Crippen LogP contribution in [-0.2, 0) is 28.6 Å². The Morgan fingerprint density at radius 2 is 0.591 bits per heavy atom. The minimum absolute atomic E-state index is 0.0744. The minimum Gasteiger partial charge on any atom is -0.462 e. The number of carbonyl (C=O) groups excluding carboxylic acids is 3. The first-order chi connectivity index (χ1) is 32.5. The van der Waals surface area contributed by atoms with Gasteiger partial charge in [0, 0.05) is 19.3 Å². The molecule has 0 N–H and O–H groups in total. The second-order valence-corrected chi connectivity index (χ2v) is 18.8. The van der Waals surface area contributed by atoms with Crippen molar-refractivity contribution in [3.8, 4) is 0 Å². The van der Waals surface area contributed by atoms with Gasteiger partial charge in [0.25, 0.3) is 0 Å². The van der Waals surface area contributed by atoms with Crippen molar-refractivity contribution in [2.75, 3.05) is 13.2 Å². The number of esters is 3. The predicted octanol–water partition coefficient (Wildman–Crippen LogP) is 18.8. The second-order valence-electron chi connectivity index (χ2n) is 18.8. The molecule has 1 unspecified atom stereocenters. The molecule has 0 aromatic carbocycles. The zero-order valence-corrected chi connectivity index (χ0v) is 43.7. The smallest absolute Gasteiger partial charge is 0.306 e. The van der Waals surface area contributed by atoms with Gasteiger partial charge < -0.3 is 14.2 Å². The lowest BCUT2D eigenvalue weighted by Crippen LogP contribution is -2.30. The average Bonchev–Trinajstić information content (AvgIpc) is 3.31. The van der Waals surface area contributed by atoms with E-state index < -0.39 is 6.10 Å². The molecule has 6 heteroatoms. The molecule has 0 fully saturated rings. The summed E-state index contributed by atoms with van der Waals surface area (Å²) in [6.07, 6.45) is 67.9. The predicted molar refractivity (Wildman–Crippen MR) is 284 cm³/mol. The van der Waals surface area contributed by atoms with Crippen LogP contribution in [0.25, 0.3) is 0 Å². The third-order valence-electron chi connectivity index (χ3n) is 12.3. The van der Waals surface area contributed by atoms with Crippen LogP contribution in [-0.4, -0.2) is 37.2 Å². The maximum absolute atomic E-state index is 12.8. The molecule has 0 amide bonds. The number of carbonyl (C=O) groups is 3. The Balaban J connectivity index is 4.24. The van der Waals surface area contributed by atoms with Gasteiger partial charge in [0.2, 0.25) is 0 Å². The highest BCUT2D eigenvalue weighted by atomic mass is 16.6. The third-order valence-corrected chi connectivity index (χ3v) is 12.3. The molecular weight excluding hydrogens is 817 g/mol. The van der Waals surface area contributed by atoms with Gasteiger partial charge in [-0.05, 0) is 64.2 Å². The van der Waals surface area contributed by atoms with Crippen LogP contribution in [0.1, 0.15) is 284 Å². The van der Waals surface area contributed by atoms with Crippen molar-refractivity contribution in [1.29, 1.82) is 0 Å². The summed E-state index contributed by atoms with van der Waals surface area (Å²) >= 11 is 0. The van der Waals surface area contributed by atoms with E-state index in [0.717, 1.165) is 96.3 Å². The van der Waals surface area contributed by atoms with E-state index in [0.29, 0.717) is 19.3 Å². The highest BCUT2D eigenvalue weighted by Crippen LogP contribution is 2.16. The molecule has 0 aliphatic rings. The van der Waals surface area contributed by atoms with Gasteiger partial charge in [-0.3, -0.25) is 14.4 Å². The summed E-state index contributed by atoms with van der Waals surface area (Å²) in [5, 5.41) is 0. The van der Waals surface area contributed by atoms with Crippen molar-refractivity contribution in [2.24, 2.45) is 0 Å². The fraction of sp³-hybridized carbons (Fsp3) is 0.783. The normalized spacial score (nSPS) is 12.5. The van der Waals surface area contributed by atoms with E-state index in [4.69, 9.17) is 14.2 Å². The second kappa shape index (κ2) is 54.7. The number of allylic oxidation sites excluding steroid dienone is 10. The molecule has 66 heavy (non-hydrogen) atoms. The van der Waals surface area contributed by atoms with Gasteiger partial charge >= 0.3 is 17.9 Å². The summed E-state index contributed by atoms with van der Waals surface area (Å²) in [6.45, 7) is 6.51. The van der Waals surface area contributed by atoms with Crippen LogP contribution in [0, 0.1) is 0 Å². The van der Waals surface area contributed by atoms with E-state index in [1.54, 1.807) is 0 Å². The molecule has 1 atom stereocenters. The van der Waals surface area contributed by atoms with Crippen LogP contribution in [0.3, 0.4) is 0 Å². The molecule has 0 bridgehead atoms. The number of rotatable bonds is 51. The highest BCUT2D eigenvalue weighted by molar-refractivity contribution is 5.71. The first kappa shape index (κ1) is 63.1. The van der Waals surface area contributed by atoms with Gasteiger partial charge in [-0.15, -0.1) is 0 Å². The van der Waals surface area contributed by atoms with Crippen molar-refractivity contribution in [2.45, 2.75) is 290 Å². The van der Waals surface area contributed by atoms with Crippen molar-refractivity contribution in [1.82, 2.24) is 0 Å². The summed E-state index contributed by atoms with van der Waals surface area (Å²) < 4.78 is 16.8. The van der Waals surface area contributed by atoms with Gasteiger partial charge in [-0.25, -0.2) is 0 Å². The lowest BCUT2D eigenvalue weighted by molar-refractivity contribution is -0.167. The fourth-order valence-electron chi connectivity index (χ4n) is 8.06. The zero-order valence-electron chi connectivity index (χ0n) is 43.7. The van der Waals surface area contributed by atoms with E-state index in [9.17, 15) is 14.4 Å². The Morgan fingerprint density at radius 1 is 0.318 bits per heavy atom. The standard InChI is InChI=1S/C60H106O6/c1-4-7-10-13-16-19-21-23-25-27-28-29-30-31-32-34-35-37-39-41-44-47-50-53-59(62)65-56-57(55-64-58(61)52-49-46-43-18-15-12-9-6-3)66-60(63)54-51-48-45-42-40-38-36-33-26-24-22-20-17-14-11-8-5-2/h7,10,16,19,23,25,28-29,31-32,57H,4-6,8-9,11-15,17-18,20-22,24,26-27,30,33-56H2,1-3H3/b10-7-,19-16-,25-23-,29-28-,32-31-. The fourth-order valence-corrected chi connectivity index (χ4v) is 8.06. The Bertz CT molecular complexity index is 1200. The van der Waals surface area contributed by atoms with Crippen LogP contribution in [0.15, 0.2) is 60.8 Å². The Labute approximate surface area is 409 Å². The van der Waals surface area contributed by atoms with Gasteiger partial charge in [0.1, 0.15) is 13.2 Å². The molecule has 0 radical (unpaired) electrons. The molecule has 0 spiro atoms. The summed E-state index contributed by atoms with van der Waals surface area (Å²) in [6, 6.07) is 0. The topological polar surface area (TPSA) is 78.9 Å². The Morgan fingerprint density at radius 3 is 0.924 bits per heavy atom. The van der Waals surface area contributed by atoms with Crippen LogP contribution in [0.4, 0.5) is 0 Å². The third kappa shape index (κ3) is 52.1. The molecule has 0 aromatic rings. The number of hydrogen-bond donors (Lipinski definition) is 0. The van der Waals surface area contributed by atoms with Gasteiger partial charge in [0.15, 0.2) is 6.10 Å². The maximum Gasteiger partial charge on any atom is 0.306 e. The van der Waals surface area contributed by atoms with Crippen LogP contribution >= 0.6 is 0 Å². The van der Waals surface area contributed by atoms with E-state index in [2.05, 4.69) is 81.5 Å². The minimum atomic E-state index is -0.774. The van der Waals surface area contributed by atoms with E-state index >= 15 is 0 Å². The van der Waals surface area contributed by atoms with E-state index in [1.165, 1.54) is 148 Å². The Kier molecular flexibility index (Phi) is 52.3. The summed E-state index contributed by atoms with van der Waals surface area (Å²) in [5.74, 6) is -0.878. The van der Waals surface area contributed by atoms with Crippen molar-refractivity contribution in [3.05, 3.63) is 60.8 Å². The lowest BCUT2D eigenvalue weighted by Gasteiger charge is -2.18. The van der Waals surface area contributed by atoms with Crippen molar-refractivity contribution in [3.63, 3.8) is 0 Å². The monoisotopic (exact) mass is 923 g/mol. The zero-order chi connectivity index (χ0) is 47.9. The summed E-state index contributed by atoms with van der Waals surface area (Å²) in [7, 11) is 0. The molecule has 0 rings (SSSR count). The van der Waals surface area contributed by atoms with Crippen molar-refractivity contribution < 1.29 is 28.6 Å². The molecule has 0 aliphatic heterocycles. The van der Waals surface area contributed by atoms with Gasteiger partial charge in [0.05, 0.1) is 0 Å². The first-order valence-corrected chi connectivity index (χ1v) is 28.3. The summed E-state index contributed by atoms with van der Waals surface area (Å²) in [5.41, 5.74) is 0. The largest absolute Gasteiger partial charge is 0.462 e. The summed E-state index contributed by atoms with van der Waals surface area (Å²) in [4.78, 5) is 38.0. The van der Waals surface area contributed by atoms with Crippen LogP contribution in [0.2, 0.25) is 0 Å². The average molecular weight is 924 g/mol. The number of ether oxygens (including phenoxy) is 3. The van der Waals surface area contributed by atoms with Gasteiger partial charge in [-0.2, -0.15) is 0 Å². The molecule has 0 saturated carbocycles. The van der Waals surface area contributed by atoms with Gasteiger partial charge in [-0.1, -0.05) is 261 Å². The molecule has 0 aromatic heterocycles. The molecule has 0 heterocycles. The quantitative estimate of drug-likeness (QED) is 0.0262. The van der Waals surface area contributed by atoms with Crippen LogP contribution < -0.4 is 0 Å². The first-order valence-electron chi connectivity index (χ1n) is 28.3. The van der Waals surface area contributed by atoms with Crippen LogP contribution in [0.5, 0.6) is 0 Å². The molecule has 0 aliphatic carbocycles. The van der Waals surface area contributed by atoms with E-state index in [-0.39, 0.29) is 31.1 Å². The number of unbranched alkanes of at least 4 members (excludes halogenated alkanes) is 30. The molecule has 382 valence electrons. The molecular formula is C60H106O6. The highest BCUT2D eigenvalue weighted by Gasteiger charge is 2.19. The Hall–Kier alpha value is -2.89. The number of hydrogen-bond acceptors (Lipinski definition) is 6. The molecule has 0 saturated heterocycles.